The maximum Gasteiger partial charge on any atom is 0.161 e. The number of halogens is 1. The van der Waals surface area contributed by atoms with Gasteiger partial charge in [0.05, 0.1) is 31.2 Å². The molecular weight excluding hydrogens is 406 g/mol. The molecule has 0 saturated carbocycles. The fraction of sp³-hybridized carbons (Fsp3) is 0.318. The van der Waals surface area contributed by atoms with Crippen LogP contribution in [-0.2, 0) is 13.2 Å². The van der Waals surface area contributed by atoms with Crippen molar-refractivity contribution >= 4 is 11.6 Å². The summed E-state index contributed by atoms with van der Waals surface area (Å²) in [6, 6.07) is 15.3. The predicted molar refractivity (Wildman–Crippen MR) is 115 cm³/mol. The highest BCUT2D eigenvalue weighted by Crippen LogP contribution is 2.31. The van der Waals surface area contributed by atoms with Crippen LogP contribution in [0, 0.1) is 6.92 Å². The second kappa shape index (κ2) is 10.4. The van der Waals surface area contributed by atoms with E-state index in [2.05, 4.69) is 10.4 Å². The van der Waals surface area contributed by atoms with E-state index < -0.39 is 6.10 Å². The average molecular weight is 432 g/mol. The van der Waals surface area contributed by atoms with Gasteiger partial charge in [0, 0.05) is 18.7 Å². The van der Waals surface area contributed by atoms with Gasteiger partial charge in [0.25, 0.3) is 0 Å². The van der Waals surface area contributed by atoms with Crippen molar-refractivity contribution < 1.29 is 19.7 Å². The molecule has 1 aromatic heterocycles. The van der Waals surface area contributed by atoms with Crippen molar-refractivity contribution in [2.75, 3.05) is 20.3 Å². The van der Waals surface area contributed by atoms with Crippen molar-refractivity contribution in [2.45, 2.75) is 26.2 Å². The largest absolute Gasteiger partial charge is 0.493 e. The molecule has 2 aromatic carbocycles. The number of rotatable bonds is 10. The summed E-state index contributed by atoms with van der Waals surface area (Å²) >= 11 is 6.57. The molecule has 7 nitrogen and oxygen atoms in total. The highest BCUT2D eigenvalue weighted by Gasteiger charge is 2.16. The third kappa shape index (κ3) is 5.31. The summed E-state index contributed by atoms with van der Waals surface area (Å²) in [7, 11) is 1.58. The maximum atomic E-state index is 9.40. The molecule has 3 aromatic rings. The Morgan fingerprint density at radius 3 is 2.63 bits per heavy atom. The Kier molecular flexibility index (Phi) is 7.70. The SMILES string of the molecule is COc1cc(CNC[C@@H](O)CO)ccc1OCc1c(C)nn(-c2ccccc2)c1Cl. The third-order valence-electron chi connectivity index (χ3n) is 4.64. The monoisotopic (exact) mass is 431 g/mol. The van der Waals surface area contributed by atoms with Crippen LogP contribution in [0.25, 0.3) is 5.69 Å². The molecule has 0 aliphatic rings. The van der Waals surface area contributed by atoms with Gasteiger partial charge in [-0.1, -0.05) is 35.9 Å². The second-order valence-corrected chi connectivity index (χ2v) is 7.20. The van der Waals surface area contributed by atoms with E-state index >= 15 is 0 Å². The fourth-order valence-corrected chi connectivity index (χ4v) is 3.30. The fourth-order valence-electron chi connectivity index (χ4n) is 2.97. The lowest BCUT2D eigenvalue weighted by molar-refractivity contribution is 0.0942. The summed E-state index contributed by atoms with van der Waals surface area (Å²) < 4.78 is 13.1. The quantitative estimate of drug-likeness (QED) is 0.457. The van der Waals surface area contributed by atoms with Crippen LogP contribution in [0.2, 0.25) is 5.15 Å². The second-order valence-electron chi connectivity index (χ2n) is 6.84. The van der Waals surface area contributed by atoms with Crippen LogP contribution < -0.4 is 14.8 Å². The van der Waals surface area contributed by atoms with E-state index in [1.165, 1.54) is 0 Å². The number of nitrogens with zero attached hydrogens (tertiary/aromatic N) is 2. The highest BCUT2D eigenvalue weighted by atomic mass is 35.5. The lowest BCUT2D eigenvalue weighted by atomic mass is 10.2. The van der Waals surface area contributed by atoms with Gasteiger partial charge in [-0.05, 0) is 36.8 Å². The summed E-state index contributed by atoms with van der Waals surface area (Å²) in [6.45, 7) is 2.72. The Hall–Kier alpha value is -2.58. The Labute approximate surface area is 180 Å². The zero-order valence-corrected chi connectivity index (χ0v) is 17.8. The number of methoxy groups -OCH3 is 1. The predicted octanol–water partition coefficient (Wildman–Crippen LogP) is 2.86. The molecule has 1 atom stereocenters. The van der Waals surface area contributed by atoms with Crippen LogP contribution in [0.15, 0.2) is 48.5 Å². The molecule has 8 heteroatoms. The number of para-hydroxylation sites is 1. The summed E-state index contributed by atoms with van der Waals surface area (Å²) in [5.41, 5.74) is 3.46. The lowest BCUT2D eigenvalue weighted by Gasteiger charge is -2.13. The zero-order chi connectivity index (χ0) is 21.5. The van der Waals surface area contributed by atoms with E-state index in [9.17, 15) is 5.11 Å². The molecule has 0 radical (unpaired) electrons. The van der Waals surface area contributed by atoms with Crippen LogP contribution in [0.4, 0.5) is 0 Å². The molecule has 1 heterocycles. The van der Waals surface area contributed by atoms with E-state index in [0.717, 1.165) is 22.5 Å². The number of hydrogen-bond donors (Lipinski definition) is 3. The van der Waals surface area contributed by atoms with Gasteiger partial charge in [0.15, 0.2) is 11.5 Å². The van der Waals surface area contributed by atoms with Crippen molar-refractivity contribution in [3.63, 3.8) is 0 Å². The van der Waals surface area contributed by atoms with Crippen molar-refractivity contribution in [3.05, 3.63) is 70.5 Å². The molecule has 0 saturated heterocycles. The van der Waals surface area contributed by atoms with Crippen molar-refractivity contribution in [3.8, 4) is 17.2 Å². The number of aliphatic hydroxyl groups excluding tert-OH is 2. The first-order chi connectivity index (χ1) is 14.5. The Morgan fingerprint density at radius 1 is 1.17 bits per heavy atom. The van der Waals surface area contributed by atoms with Gasteiger partial charge in [-0.25, -0.2) is 4.68 Å². The van der Waals surface area contributed by atoms with E-state index in [-0.39, 0.29) is 13.2 Å². The summed E-state index contributed by atoms with van der Waals surface area (Å²) in [6.07, 6.45) is -0.778. The van der Waals surface area contributed by atoms with Gasteiger partial charge >= 0.3 is 0 Å². The normalized spacial score (nSPS) is 12.0. The molecule has 0 unspecified atom stereocenters. The van der Waals surface area contributed by atoms with E-state index in [0.29, 0.717) is 29.7 Å². The first-order valence-corrected chi connectivity index (χ1v) is 10.00. The van der Waals surface area contributed by atoms with E-state index in [1.54, 1.807) is 11.8 Å². The molecule has 0 aliphatic carbocycles. The molecule has 0 bridgehead atoms. The molecule has 160 valence electrons. The average Bonchev–Trinajstić information content (AvgIpc) is 3.06. The molecular formula is C22H26ClN3O4. The lowest BCUT2D eigenvalue weighted by Crippen LogP contribution is -2.28. The third-order valence-corrected chi connectivity index (χ3v) is 5.03. The molecule has 0 amide bonds. The number of aliphatic hydroxyl groups is 2. The summed E-state index contributed by atoms with van der Waals surface area (Å²) in [4.78, 5) is 0. The van der Waals surface area contributed by atoms with Gasteiger partial charge in [-0.3, -0.25) is 0 Å². The highest BCUT2D eigenvalue weighted by molar-refractivity contribution is 6.30. The van der Waals surface area contributed by atoms with Gasteiger partial charge < -0.3 is 25.0 Å². The molecule has 0 fully saturated rings. The molecule has 30 heavy (non-hydrogen) atoms. The smallest absolute Gasteiger partial charge is 0.161 e. The van der Waals surface area contributed by atoms with E-state index in [1.807, 2.05) is 55.5 Å². The van der Waals surface area contributed by atoms with Gasteiger partial charge in [-0.15, -0.1) is 0 Å². The van der Waals surface area contributed by atoms with Crippen LogP contribution in [0.5, 0.6) is 11.5 Å². The van der Waals surface area contributed by atoms with E-state index in [4.69, 9.17) is 26.2 Å². The van der Waals surface area contributed by atoms with Crippen LogP contribution in [0.1, 0.15) is 16.8 Å². The number of aryl methyl sites for hydroxylation is 1. The number of nitrogens with one attached hydrogen (secondary N) is 1. The number of ether oxygens (including phenoxy) is 2. The van der Waals surface area contributed by atoms with Crippen LogP contribution in [0.3, 0.4) is 0 Å². The number of aromatic nitrogens is 2. The minimum Gasteiger partial charge on any atom is -0.493 e. The summed E-state index contributed by atoms with van der Waals surface area (Å²) in [5.74, 6) is 1.20. The molecule has 0 spiro atoms. The zero-order valence-electron chi connectivity index (χ0n) is 17.0. The van der Waals surface area contributed by atoms with Crippen molar-refractivity contribution in [2.24, 2.45) is 0 Å². The topological polar surface area (TPSA) is 88.8 Å². The van der Waals surface area contributed by atoms with Gasteiger partial charge in [0.1, 0.15) is 11.8 Å². The standard InChI is InChI=1S/C22H26ClN3O4/c1-15-19(22(23)26(25-15)17-6-4-3-5-7-17)14-30-20-9-8-16(10-21(20)29-2)11-24-12-18(28)13-27/h3-10,18,24,27-28H,11-14H2,1-2H3/t18-/m1/s1. The first-order valence-electron chi connectivity index (χ1n) is 9.62. The van der Waals surface area contributed by atoms with Crippen molar-refractivity contribution in [1.82, 2.24) is 15.1 Å². The maximum absolute atomic E-state index is 9.40. The first kappa shape index (κ1) is 22.1. The van der Waals surface area contributed by atoms with Crippen LogP contribution in [-0.4, -0.2) is 46.4 Å². The number of benzene rings is 2. The molecule has 3 rings (SSSR count). The minimum absolute atomic E-state index is 0.258. The molecule has 0 aliphatic heterocycles. The Morgan fingerprint density at radius 2 is 1.93 bits per heavy atom. The Bertz CT molecular complexity index is 963. The Balaban J connectivity index is 1.69. The van der Waals surface area contributed by atoms with Gasteiger partial charge in [-0.2, -0.15) is 5.10 Å². The molecule has 3 N–H and O–H groups in total. The van der Waals surface area contributed by atoms with Crippen molar-refractivity contribution in [1.29, 1.82) is 0 Å². The van der Waals surface area contributed by atoms with Crippen LogP contribution >= 0.6 is 11.6 Å². The number of hydrogen-bond acceptors (Lipinski definition) is 6. The van der Waals surface area contributed by atoms with Gasteiger partial charge in [0.2, 0.25) is 0 Å². The minimum atomic E-state index is -0.778. The summed E-state index contributed by atoms with van der Waals surface area (Å²) in [5, 5.41) is 26.4.